The number of aryl methyl sites for hydroxylation is 2. The van der Waals surface area contributed by atoms with E-state index in [-0.39, 0.29) is 31.5 Å². The summed E-state index contributed by atoms with van der Waals surface area (Å²) < 4.78 is 72.1. The van der Waals surface area contributed by atoms with Crippen LogP contribution in [-0.4, -0.2) is 54.1 Å². The van der Waals surface area contributed by atoms with Crippen LogP contribution < -0.4 is 0 Å². The minimum absolute atomic E-state index is 0. The molecular weight excluding hydrogens is 812 g/mol. The zero-order chi connectivity index (χ0) is 41.5. The van der Waals surface area contributed by atoms with Gasteiger partial charge in [0.15, 0.2) is 5.79 Å². The summed E-state index contributed by atoms with van der Waals surface area (Å²) >= 11 is 0. The standard InChI is InChI=1S/C31H30O4.2C7H8O3S.Ti/c1-29(2)34-27(30(32,23-15-7-3-8-16-23)24-17-9-4-10-18-24)28(35-29)31(33,25-19-11-5-12-20-25)26-21-13-6-14-22-26;2*1-6-2-4-7(5-3-6)11(8,9)10;/h3-22,27-28,32-33H,1-2H3;2*2-5H,1H3,(H,8,9,10);/t27-,28-;;;/m1.../s1. The summed E-state index contributed by atoms with van der Waals surface area (Å²) in [5, 5.41) is 25.2. The normalized spacial score (nSPS) is 16.4. The largest absolute Gasteiger partial charge is 0.378 e. The van der Waals surface area contributed by atoms with Gasteiger partial charge in [0.1, 0.15) is 23.4 Å². The van der Waals surface area contributed by atoms with Crippen molar-refractivity contribution in [1.29, 1.82) is 0 Å². The van der Waals surface area contributed by atoms with Crippen LogP contribution in [0, 0.1) is 13.8 Å². The van der Waals surface area contributed by atoms with E-state index < -0.39 is 49.4 Å². The maximum absolute atomic E-state index is 12.6. The Balaban J connectivity index is 0.000000264. The number of hydrogen-bond donors (Lipinski definition) is 4. The Hall–Kier alpha value is -4.31. The molecule has 0 saturated carbocycles. The molecule has 1 saturated heterocycles. The molecule has 10 nitrogen and oxygen atoms in total. The predicted octanol–water partition coefficient (Wildman–Crippen LogP) is 7.86. The van der Waals surface area contributed by atoms with Gasteiger partial charge in [-0.1, -0.05) is 157 Å². The number of ether oxygens (including phenoxy) is 2. The molecular formula is C45H46O10S2Ti. The van der Waals surface area contributed by atoms with Crippen LogP contribution in [0.1, 0.15) is 47.2 Å². The first kappa shape index (κ1) is 46.4. The van der Waals surface area contributed by atoms with Crippen molar-refractivity contribution < 1.29 is 67.3 Å². The average molecular weight is 859 g/mol. The van der Waals surface area contributed by atoms with Gasteiger partial charge in [-0.15, -0.1) is 0 Å². The van der Waals surface area contributed by atoms with Gasteiger partial charge in [0.2, 0.25) is 0 Å². The van der Waals surface area contributed by atoms with Crippen molar-refractivity contribution in [3.63, 3.8) is 0 Å². The number of benzene rings is 6. The Morgan fingerprint density at radius 1 is 0.448 bits per heavy atom. The first-order chi connectivity index (χ1) is 26.9. The van der Waals surface area contributed by atoms with Crippen molar-refractivity contribution in [2.45, 2.75) is 66.7 Å². The molecule has 0 spiro atoms. The summed E-state index contributed by atoms with van der Waals surface area (Å²) in [6.45, 7) is 7.31. The predicted molar refractivity (Wildman–Crippen MR) is 218 cm³/mol. The van der Waals surface area contributed by atoms with Crippen LogP contribution >= 0.6 is 0 Å². The molecule has 4 N–H and O–H groups in total. The SMILES string of the molecule is CC1(C)O[C@@H](C(O)(c2ccccc2)c2ccccc2)[C@H](C(O)(c2ccccc2)c2ccccc2)O1.Cc1ccc(S(=O)(=O)O)cc1.Cc1ccc(S(=O)(=O)O)cc1.[Ti]. The first-order valence-corrected chi connectivity index (χ1v) is 20.8. The van der Waals surface area contributed by atoms with Crippen LogP contribution in [0.3, 0.4) is 0 Å². The number of rotatable bonds is 8. The van der Waals surface area contributed by atoms with Gasteiger partial charge in [0.05, 0.1) is 9.79 Å². The average Bonchev–Trinajstić information content (AvgIpc) is 3.54. The molecule has 0 aromatic heterocycles. The molecule has 1 aliphatic heterocycles. The minimum atomic E-state index is -4.02. The molecule has 2 atom stereocenters. The molecule has 13 heteroatoms. The van der Waals surface area contributed by atoms with Crippen LogP contribution in [0.15, 0.2) is 180 Å². The minimum Gasteiger partial charge on any atom is -0.378 e. The second-order valence-corrected chi connectivity index (χ2v) is 16.9. The Labute approximate surface area is 355 Å². The third-order valence-corrected chi connectivity index (χ3v) is 11.1. The monoisotopic (exact) mass is 858 g/mol. The Morgan fingerprint density at radius 2 is 0.672 bits per heavy atom. The van der Waals surface area contributed by atoms with Crippen LogP contribution in [0.2, 0.25) is 0 Å². The van der Waals surface area contributed by atoms with E-state index in [4.69, 9.17) is 18.6 Å². The quantitative estimate of drug-likeness (QED) is 0.0874. The van der Waals surface area contributed by atoms with Gasteiger partial charge in [0, 0.05) is 21.7 Å². The summed E-state index contributed by atoms with van der Waals surface area (Å²) in [7, 11) is -8.04. The topological polar surface area (TPSA) is 168 Å². The maximum Gasteiger partial charge on any atom is 0.294 e. The second-order valence-electron chi connectivity index (χ2n) is 14.0. The van der Waals surface area contributed by atoms with Crippen molar-refractivity contribution >= 4 is 20.2 Å². The van der Waals surface area contributed by atoms with Gasteiger partial charge in [-0.3, -0.25) is 9.11 Å². The van der Waals surface area contributed by atoms with Crippen molar-refractivity contribution in [3.8, 4) is 0 Å². The van der Waals surface area contributed by atoms with E-state index in [1.807, 2.05) is 149 Å². The molecule has 0 amide bonds. The molecule has 0 bridgehead atoms. The van der Waals surface area contributed by atoms with Crippen molar-refractivity contribution in [2.75, 3.05) is 0 Å². The Morgan fingerprint density at radius 3 is 0.879 bits per heavy atom. The molecule has 0 aliphatic carbocycles. The molecule has 1 aliphatic rings. The molecule has 0 unspecified atom stereocenters. The van der Waals surface area contributed by atoms with Gasteiger partial charge in [0.25, 0.3) is 20.2 Å². The van der Waals surface area contributed by atoms with E-state index in [1.54, 1.807) is 24.3 Å². The summed E-state index contributed by atoms with van der Waals surface area (Å²) in [6.07, 6.45) is -1.87. The van der Waals surface area contributed by atoms with E-state index >= 15 is 0 Å². The van der Waals surface area contributed by atoms with E-state index in [2.05, 4.69) is 0 Å². The van der Waals surface area contributed by atoms with Gasteiger partial charge in [-0.25, -0.2) is 0 Å². The van der Waals surface area contributed by atoms with E-state index in [9.17, 15) is 27.0 Å². The fourth-order valence-electron chi connectivity index (χ4n) is 6.55. The fraction of sp³-hybridized carbons (Fsp3) is 0.200. The number of hydrogen-bond acceptors (Lipinski definition) is 8. The van der Waals surface area contributed by atoms with E-state index in [0.29, 0.717) is 22.3 Å². The summed E-state index contributed by atoms with van der Waals surface area (Å²) in [5.74, 6) is -1.05. The third kappa shape index (κ3) is 11.0. The van der Waals surface area contributed by atoms with Crippen molar-refractivity contribution in [2.24, 2.45) is 0 Å². The second kappa shape index (κ2) is 19.2. The summed E-state index contributed by atoms with van der Waals surface area (Å²) in [4.78, 5) is -0.133. The van der Waals surface area contributed by atoms with Gasteiger partial charge in [-0.2, -0.15) is 16.8 Å². The van der Waals surface area contributed by atoms with Crippen LogP contribution in [-0.2, 0) is 62.6 Å². The molecule has 0 radical (unpaired) electrons. The first-order valence-electron chi connectivity index (χ1n) is 18.0. The summed E-state index contributed by atoms with van der Waals surface area (Å²) in [6, 6.07) is 49.7. The molecule has 58 heavy (non-hydrogen) atoms. The zero-order valence-corrected chi connectivity index (χ0v) is 35.6. The van der Waals surface area contributed by atoms with Crippen molar-refractivity contribution in [1.82, 2.24) is 0 Å². The van der Waals surface area contributed by atoms with E-state index in [0.717, 1.165) is 11.1 Å². The van der Waals surface area contributed by atoms with Gasteiger partial charge < -0.3 is 19.7 Å². The smallest absolute Gasteiger partial charge is 0.294 e. The molecule has 302 valence electrons. The Bertz CT molecular complexity index is 2160. The van der Waals surface area contributed by atoms with Gasteiger partial charge in [-0.05, 0) is 74.2 Å². The molecule has 6 aromatic carbocycles. The zero-order valence-electron chi connectivity index (χ0n) is 32.4. The van der Waals surface area contributed by atoms with Crippen LogP contribution in [0.4, 0.5) is 0 Å². The van der Waals surface area contributed by atoms with Gasteiger partial charge >= 0.3 is 0 Å². The number of aliphatic hydroxyl groups is 2. The maximum atomic E-state index is 12.6. The molecule has 1 heterocycles. The van der Waals surface area contributed by atoms with Crippen molar-refractivity contribution in [3.05, 3.63) is 203 Å². The van der Waals surface area contributed by atoms with E-state index in [1.165, 1.54) is 24.3 Å². The Kier molecular flexibility index (Phi) is 15.3. The molecule has 6 aromatic rings. The third-order valence-electron chi connectivity index (χ3n) is 9.41. The molecule has 7 rings (SSSR count). The molecule has 1 fully saturated rings. The summed E-state index contributed by atoms with van der Waals surface area (Å²) in [5.41, 5.74) is 1.35. The van der Waals surface area contributed by atoms with Crippen LogP contribution in [0.5, 0.6) is 0 Å². The van der Waals surface area contributed by atoms with Crippen LogP contribution in [0.25, 0.3) is 0 Å². The fourth-order valence-corrected chi connectivity index (χ4v) is 7.51.